The lowest BCUT2D eigenvalue weighted by Crippen LogP contribution is -2.34. The van der Waals surface area contributed by atoms with E-state index in [9.17, 15) is 4.79 Å². The van der Waals surface area contributed by atoms with Crippen LogP contribution < -0.4 is 15.4 Å². The second-order valence-electron chi connectivity index (χ2n) is 6.92. The highest BCUT2D eigenvalue weighted by Crippen LogP contribution is 2.33. The van der Waals surface area contributed by atoms with E-state index in [4.69, 9.17) is 40.2 Å². The zero-order chi connectivity index (χ0) is 20.8. The van der Waals surface area contributed by atoms with Gasteiger partial charge in [-0.3, -0.25) is 15.0 Å². The molecule has 8 heteroatoms. The normalized spacial score (nSPS) is 14.3. The molecule has 1 aliphatic rings. The fourth-order valence-corrected chi connectivity index (χ4v) is 4.14. The molecule has 1 aliphatic heterocycles. The fraction of sp³-hybridized carbons (Fsp3) is 0.333. The number of amides is 1. The summed E-state index contributed by atoms with van der Waals surface area (Å²) in [4.78, 5) is 14.9. The van der Waals surface area contributed by atoms with E-state index in [1.807, 2.05) is 12.1 Å². The van der Waals surface area contributed by atoms with Gasteiger partial charge in [-0.05, 0) is 68.0 Å². The average molecular weight is 452 g/mol. The lowest BCUT2D eigenvalue weighted by atomic mass is 10.1. The van der Waals surface area contributed by atoms with Crippen molar-refractivity contribution in [1.29, 1.82) is 0 Å². The molecule has 0 saturated carbocycles. The molecule has 0 radical (unpaired) electrons. The molecule has 1 heterocycles. The van der Waals surface area contributed by atoms with Crippen LogP contribution >= 0.6 is 35.4 Å². The number of rotatable bonds is 5. The summed E-state index contributed by atoms with van der Waals surface area (Å²) in [6.45, 7) is 3.28. The number of likely N-dealkylation sites (tertiary alicyclic amines) is 1. The number of benzene rings is 2. The van der Waals surface area contributed by atoms with Gasteiger partial charge in [0.05, 0.1) is 17.2 Å². The predicted octanol–water partition coefficient (Wildman–Crippen LogP) is 5.11. The SMILES string of the molecule is COc1c(Cl)cc(C(=O)NC(=S)Nc2ccc(CN3CCCCC3)cc2)cc1Cl. The summed E-state index contributed by atoms with van der Waals surface area (Å²) in [7, 11) is 1.46. The molecule has 0 aromatic heterocycles. The Kier molecular flexibility index (Phi) is 7.72. The summed E-state index contributed by atoms with van der Waals surface area (Å²) in [5.41, 5.74) is 2.36. The van der Waals surface area contributed by atoms with Crippen LogP contribution in [0.5, 0.6) is 5.75 Å². The van der Waals surface area contributed by atoms with Gasteiger partial charge in [0.25, 0.3) is 5.91 Å². The van der Waals surface area contributed by atoms with Crippen LogP contribution in [0.4, 0.5) is 5.69 Å². The minimum atomic E-state index is -0.407. The number of methoxy groups -OCH3 is 1. The number of carbonyl (C=O) groups is 1. The minimum absolute atomic E-state index is 0.196. The maximum absolute atomic E-state index is 12.4. The van der Waals surface area contributed by atoms with Crippen LogP contribution in [0.1, 0.15) is 35.2 Å². The topological polar surface area (TPSA) is 53.6 Å². The smallest absolute Gasteiger partial charge is 0.257 e. The van der Waals surface area contributed by atoms with Crippen molar-refractivity contribution in [2.45, 2.75) is 25.8 Å². The van der Waals surface area contributed by atoms with Crippen molar-refractivity contribution in [1.82, 2.24) is 10.2 Å². The molecule has 3 rings (SSSR count). The predicted molar refractivity (Wildman–Crippen MR) is 122 cm³/mol. The first kappa shape index (κ1) is 21.8. The molecule has 29 heavy (non-hydrogen) atoms. The molecule has 0 spiro atoms. The quantitative estimate of drug-likeness (QED) is 0.618. The van der Waals surface area contributed by atoms with Gasteiger partial charge >= 0.3 is 0 Å². The van der Waals surface area contributed by atoms with Crippen LogP contribution in [0.3, 0.4) is 0 Å². The van der Waals surface area contributed by atoms with E-state index >= 15 is 0 Å². The van der Waals surface area contributed by atoms with Gasteiger partial charge in [0.2, 0.25) is 0 Å². The highest BCUT2D eigenvalue weighted by molar-refractivity contribution is 7.80. The van der Waals surface area contributed by atoms with Crippen LogP contribution in [0.2, 0.25) is 10.0 Å². The van der Waals surface area contributed by atoms with Gasteiger partial charge in [0.15, 0.2) is 10.9 Å². The first-order valence-corrected chi connectivity index (χ1v) is 10.6. The van der Waals surface area contributed by atoms with Crippen molar-refractivity contribution >= 4 is 52.1 Å². The molecule has 0 aliphatic carbocycles. The monoisotopic (exact) mass is 451 g/mol. The summed E-state index contributed by atoms with van der Waals surface area (Å²) < 4.78 is 5.09. The van der Waals surface area contributed by atoms with Crippen molar-refractivity contribution < 1.29 is 9.53 Å². The van der Waals surface area contributed by atoms with Gasteiger partial charge in [0, 0.05) is 17.8 Å². The van der Waals surface area contributed by atoms with E-state index in [-0.39, 0.29) is 15.2 Å². The van der Waals surface area contributed by atoms with Crippen LogP contribution in [0.15, 0.2) is 36.4 Å². The minimum Gasteiger partial charge on any atom is -0.494 e. The van der Waals surface area contributed by atoms with Crippen LogP contribution in [-0.2, 0) is 6.54 Å². The lowest BCUT2D eigenvalue weighted by molar-refractivity contribution is 0.0977. The summed E-state index contributed by atoms with van der Waals surface area (Å²) in [5, 5.41) is 6.36. The highest BCUT2D eigenvalue weighted by atomic mass is 35.5. The van der Waals surface area contributed by atoms with E-state index in [1.165, 1.54) is 44.1 Å². The van der Waals surface area contributed by atoms with Crippen molar-refractivity contribution in [2.24, 2.45) is 0 Å². The Bertz CT molecular complexity index is 861. The zero-order valence-corrected chi connectivity index (χ0v) is 18.5. The van der Waals surface area contributed by atoms with E-state index in [1.54, 1.807) is 0 Å². The third-order valence-electron chi connectivity index (χ3n) is 4.76. The van der Waals surface area contributed by atoms with Crippen LogP contribution in [-0.4, -0.2) is 36.1 Å². The number of piperidine rings is 1. The van der Waals surface area contributed by atoms with Gasteiger partial charge in [-0.2, -0.15) is 0 Å². The van der Waals surface area contributed by atoms with Crippen molar-refractivity contribution in [2.75, 3.05) is 25.5 Å². The fourth-order valence-electron chi connectivity index (χ4n) is 3.29. The second kappa shape index (κ2) is 10.3. The number of thiocarbonyl (C=S) groups is 1. The third-order valence-corrected chi connectivity index (χ3v) is 5.52. The van der Waals surface area contributed by atoms with Crippen LogP contribution in [0, 0.1) is 0 Å². The first-order chi connectivity index (χ1) is 14.0. The number of hydrogen-bond donors (Lipinski definition) is 2. The number of nitrogens with one attached hydrogen (secondary N) is 2. The van der Waals surface area contributed by atoms with E-state index in [0.29, 0.717) is 11.3 Å². The molecule has 154 valence electrons. The lowest BCUT2D eigenvalue weighted by Gasteiger charge is -2.26. The Morgan fingerprint density at radius 3 is 2.31 bits per heavy atom. The summed E-state index contributed by atoms with van der Waals surface area (Å²) in [6.07, 6.45) is 3.88. The second-order valence-corrected chi connectivity index (χ2v) is 8.14. The Hall–Kier alpha value is -1.86. The third kappa shape index (κ3) is 6.06. The summed E-state index contributed by atoms with van der Waals surface area (Å²) in [5.74, 6) is -0.0779. The molecule has 1 fully saturated rings. The highest BCUT2D eigenvalue weighted by Gasteiger charge is 2.15. The maximum Gasteiger partial charge on any atom is 0.257 e. The number of nitrogens with zero attached hydrogens (tertiary/aromatic N) is 1. The van der Waals surface area contributed by atoms with Gasteiger partial charge in [-0.25, -0.2) is 0 Å². The largest absolute Gasteiger partial charge is 0.494 e. The molecule has 5 nitrogen and oxygen atoms in total. The summed E-state index contributed by atoms with van der Waals surface area (Å²) >= 11 is 17.4. The average Bonchev–Trinajstić information content (AvgIpc) is 2.70. The molecule has 1 amide bonds. The molecule has 0 atom stereocenters. The van der Waals surface area contributed by atoms with Crippen molar-refractivity contribution in [3.05, 3.63) is 57.6 Å². The summed E-state index contributed by atoms with van der Waals surface area (Å²) in [6, 6.07) is 11.0. The van der Waals surface area contributed by atoms with Crippen LogP contribution in [0.25, 0.3) is 0 Å². The molecular weight excluding hydrogens is 429 g/mol. The van der Waals surface area contributed by atoms with E-state index in [2.05, 4.69) is 27.7 Å². The Morgan fingerprint density at radius 1 is 1.10 bits per heavy atom. The molecule has 2 aromatic rings. The number of carbonyl (C=O) groups excluding carboxylic acids is 1. The van der Waals surface area contributed by atoms with Gasteiger partial charge in [-0.15, -0.1) is 0 Å². The molecule has 0 unspecified atom stereocenters. The van der Waals surface area contributed by atoms with Crippen molar-refractivity contribution in [3.63, 3.8) is 0 Å². The molecule has 0 bridgehead atoms. The standard InChI is InChI=1S/C21H23Cl2N3O2S/c1-28-19-17(22)11-15(12-18(19)23)20(27)25-21(29)24-16-7-5-14(6-8-16)13-26-9-3-2-4-10-26/h5-8,11-12H,2-4,9-10,13H2,1H3,(H2,24,25,27,29). The number of halogens is 2. The Labute approximate surface area is 186 Å². The Morgan fingerprint density at radius 2 is 1.72 bits per heavy atom. The van der Waals surface area contributed by atoms with Gasteiger partial charge in [-0.1, -0.05) is 41.8 Å². The van der Waals surface area contributed by atoms with Gasteiger partial charge in [0.1, 0.15) is 0 Å². The number of ether oxygens (including phenoxy) is 1. The van der Waals surface area contributed by atoms with Gasteiger partial charge < -0.3 is 10.1 Å². The first-order valence-electron chi connectivity index (χ1n) is 9.43. The van der Waals surface area contributed by atoms with E-state index in [0.717, 1.165) is 25.3 Å². The molecule has 1 saturated heterocycles. The van der Waals surface area contributed by atoms with Crippen molar-refractivity contribution in [3.8, 4) is 5.75 Å². The zero-order valence-electron chi connectivity index (χ0n) is 16.1. The number of hydrogen-bond acceptors (Lipinski definition) is 4. The molecule has 2 N–H and O–H groups in total. The molecular formula is C21H23Cl2N3O2S. The Balaban J connectivity index is 1.55. The number of anilines is 1. The van der Waals surface area contributed by atoms with E-state index < -0.39 is 5.91 Å². The maximum atomic E-state index is 12.4. The molecule has 2 aromatic carbocycles.